The molecule has 1 saturated heterocycles. The molecule has 3 aromatic rings. The number of fused-ring (bicyclic) bond motifs is 5. The Morgan fingerprint density at radius 1 is 0.976 bits per heavy atom. The second-order valence-corrected chi connectivity index (χ2v) is 11.1. The van der Waals surface area contributed by atoms with E-state index in [1.54, 1.807) is 26.6 Å². The fourth-order valence-corrected chi connectivity index (χ4v) is 5.89. The van der Waals surface area contributed by atoms with Gasteiger partial charge in [-0.2, -0.15) is 5.10 Å². The maximum atomic E-state index is 13.6. The Balaban J connectivity index is 1.25. The molecule has 2 aromatic carbocycles. The summed E-state index contributed by atoms with van der Waals surface area (Å²) < 4.78 is 13.3. The van der Waals surface area contributed by atoms with Crippen molar-refractivity contribution in [2.24, 2.45) is 7.05 Å². The van der Waals surface area contributed by atoms with Gasteiger partial charge in [0, 0.05) is 50.3 Å². The van der Waals surface area contributed by atoms with Gasteiger partial charge in [0.2, 0.25) is 5.91 Å². The van der Waals surface area contributed by atoms with Gasteiger partial charge in [0.25, 0.3) is 11.8 Å². The molecule has 10 nitrogen and oxygen atoms in total. The van der Waals surface area contributed by atoms with E-state index in [0.717, 1.165) is 41.2 Å². The third kappa shape index (κ3) is 5.64. The maximum Gasteiger partial charge on any atom is 0.274 e. The predicted octanol–water partition coefficient (Wildman–Crippen LogP) is 2.70. The second kappa shape index (κ2) is 11.3. The first-order chi connectivity index (χ1) is 19.9. The Hall–Kier alpha value is -4.34. The Morgan fingerprint density at radius 3 is 2.68 bits per heavy atom. The molecule has 41 heavy (non-hydrogen) atoms. The van der Waals surface area contributed by atoms with Crippen LogP contribution in [0, 0.1) is 6.92 Å². The topological polar surface area (TPSA) is 106 Å². The highest BCUT2D eigenvalue weighted by molar-refractivity contribution is 5.97. The van der Waals surface area contributed by atoms with Crippen LogP contribution in [0.25, 0.3) is 0 Å². The van der Waals surface area contributed by atoms with Gasteiger partial charge in [-0.05, 0) is 67.3 Å². The van der Waals surface area contributed by atoms with Crippen molar-refractivity contribution in [1.29, 1.82) is 0 Å². The van der Waals surface area contributed by atoms with E-state index in [9.17, 15) is 14.4 Å². The van der Waals surface area contributed by atoms with Crippen LogP contribution >= 0.6 is 0 Å². The zero-order valence-electron chi connectivity index (χ0n) is 23.5. The van der Waals surface area contributed by atoms with Crippen LogP contribution in [0.3, 0.4) is 0 Å². The third-order valence-electron chi connectivity index (χ3n) is 8.22. The average molecular weight is 558 g/mol. The smallest absolute Gasteiger partial charge is 0.274 e. The number of nitrogens with zero attached hydrogens (tertiary/aromatic N) is 4. The number of aryl methyl sites for hydroxylation is 2. The number of amides is 3. The minimum absolute atomic E-state index is 0.0656. The molecule has 1 N–H and O–H groups in total. The Bertz CT molecular complexity index is 1460. The van der Waals surface area contributed by atoms with Crippen molar-refractivity contribution in [3.63, 3.8) is 0 Å². The van der Waals surface area contributed by atoms with Crippen molar-refractivity contribution in [2.75, 3.05) is 39.4 Å². The number of rotatable bonds is 2. The molecule has 3 aliphatic heterocycles. The molecule has 1 aromatic heterocycles. The van der Waals surface area contributed by atoms with Gasteiger partial charge in [0.15, 0.2) is 5.69 Å². The zero-order valence-corrected chi connectivity index (χ0v) is 23.5. The number of nitrogens with one attached hydrogen (secondary N) is 1. The molecule has 0 saturated carbocycles. The van der Waals surface area contributed by atoms with Crippen LogP contribution in [0.2, 0.25) is 0 Å². The van der Waals surface area contributed by atoms with Crippen molar-refractivity contribution in [2.45, 2.75) is 38.1 Å². The van der Waals surface area contributed by atoms with Crippen LogP contribution in [-0.4, -0.2) is 82.7 Å². The Kier molecular flexibility index (Phi) is 7.38. The summed E-state index contributed by atoms with van der Waals surface area (Å²) in [6.07, 6.45) is 2.21. The predicted molar refractivity (Wildman–Crippen MR) is 151 cm³/mol. The van der Waals surface area contributed by atoms with Crippen molar-refractivity contribution in [3.8, 4) is 11.5 Å². The first-order valence-corrected chi connectivity index (χ1v) is 14.2. The first-order valence-electron chi connectivity index (χ1n) is 14.2. The molecule has 2 bridgehead atoms. The molecular formula is C31H35N5O5. The van der Waals surface area contributed by atoms with Crippen LogP contribution in [0.5, 0.6) is 11.5 Å². The van der Waals surface area contributed by atoms with Crippen molar-refractivity contribution in [1.82, 2.24) is 24.9 Å². The lowest BCUT2D eigenvalue weighted by molar-refractivity contribution is -0.122. The highest BCUT2D eigenvalue weighted by Gasteiger charge is 2.38. The molecular weight excluding hydrogens is 522 g/mol. The van der Waals surface area contributed by atoms with Crippen molar-refractivity contribution < 1.29 is 23.9 Å². The fraction of sp³-hybridized carbons (Fsp3) is 0.419. The highest BCUT2D eigenvalue weighted by atomic mass is 16.5. The minimum Gasteiger partial charge on any atom is -0.494 e. The van der Waals surface area contributed by atoms with Crippen LogP contribution in [0.4, 0.5) is 0 Å². The molecule has 1 fully saturated rings. The van der Waals surface area contributed by atoms with Gasteiger partial charge in [-0.25, -0.2) is 0 Å². The van der Waals surface area contributed by atoms with Gasteiger partial charge in [-0.15, -0.1) is 0 Å². The molecule has 0 unspecified atom stereocenters. The summed E-state index contributed by atoms with van der Waals surface area (Å²) in [5, 5.41) is 7.53. The van der Waals surface area contributed by atoms with Gasteiger partial charge in [-0.1, -0.05) is 12.1 Å². The lowest BCUT2D eigenvalue weighted by Crippen LogP contribution is -2.47. The summed E-state index contributed by atoms with van der Waals surface area (Å²) >= 11 is 0. The number of aromatic nitrogens is 2. The maximum absolute atomic E-state index is 13.6. The highest BCUT2D eigenvalue weighted by Crippen LogP contribution is 2.31. The van der Waals surface area contributed by atoms with Crippen molar-refractivity contribution in [3.05, 3.63) is 76.6 Å². The number of likely N-dealkylation sites (tertiary alicyclic amines) is 1. The van der Waals surface area contributed by atoms with E-state index in [1.165, 1.54) is 0 Å². The molecule has 6 rings (SSSR count). The monoisotopic (exact) mass is 557 g/mol. The van der Waals surface area contributed by atoms with E-state index >= 15 is 0 Å². The summed E-state index contributed by atoms with van der Waals surface area (Å²) in [6, 6.07) is 14.8. The number of hydrogen-bond acceptors (Lipinski definition) is 6. The SMILES string of the molecule is Cc1cc(C(=O)N2C[C@@H]3NC(=O)CN(C(=O)c4ccc5c(c4)CCO5)CCCCOc4cccc(c4)[C@H]3C2)nn1C. The van der Waals surface area contributed by atoms with Gasteiger partial charge >= 0.3 is 0 Å². The zero-order chi connectivity index (χ0) is 28.5. The molecule has 3 aliphatic rings. The quantitative estimate of drug-likeness (QED) is 0.520. The van der Waals surface area contributed by atoms with Gasteiger partial charge < -0.3 is 24.6 Å². The lowest BCUT2D eigenvalue weighted by Gasteiger charge is -2.26. The molecule has 10 heteroatoms. The molecule has 214 valence electrons. The summed E-state index contributed by atoms with van der Waals surface area (Å²) in [4.78, 5) is 43.8. The fourth-order valence-electron chi connectivity index (χ4n) is 5.89. The second-order valence-electron chi connectivity index (χ2n) is 11.1. The van der Waals surface area contributed by atoms with E-state index in [0.29, 0.717) is 50.5 Å². The Morgan fingerprint density at radius 2 is 1.85 bits per heavy atom. The number of carbonyl (C=O) groups excluding carboxylic acids is 3. The first kappa shape index (κ1) is 26.9. The van der Waals surface area contributed by atoms with Crippen LogP contribution in [0.1, 0.15) is 56.4 Å². The summed E-state index contributed by atoms with van der Waals surface area (Å²) in [6.45, 7) is 4.17. The number of ether oxygens (including phenoxy) is 2. The molecule has 0 spiro atoms. The largest absolute Gasteiger partial charge is 0.494 e. The van der Waals surface area contributed by atoms with Gasteiger partial charge in [0.1, 0.15) is 11.5 Å². The Labute approximate surface area is 239 Å². The average Bonchev–Trinajstić information content (AvgIpc) is 3.69. The van der Waals surface area contributed by atoms with Crippen LogP contribution < -0.4 is 14.8 Å². The van der Waals surface area contributed by atoms with Gasteiger partial charge in [-0.3, -0.25) is 19.1 Å². The number of benzene rings is 2. The molecule has 0 radical (unpaired) electrons. The number of hydrogen-bond donors (Lipinski definition) is 1. The summed E-state index contributed by atoms with van der Waals surface area (Å²) in [5.74, 6) is 0.831. The molecule has 2 atom stereocenters. The van der Waals surface area contributed by atoms with Crippen molar-refractivity contribution >= 4 is 17.7 Å². The van der Waals surface area contributed by atoms with E-state index in [4.69, 9.17) is 9.47 Å². The molecule has 4 heterocycles. The lowest BCUT2D eigenvalue weighted by atomic mass is 9.94. The number of carbonyl (C=O) groups is 3. The third-order valence-corrected chi connectivity index (χ3v) is 8.22. The van der Waals surface area contributed by atoms with E-state index in [-0.39, 0.29) is 36.2 Å². The van der Waals surface area contributed by atoms with Crippen LogP contribution in [0.15, 0.2) is 48.5 Å². The van der Waals surface area contributed by atoms with Gasteiger partial charge in [0.05, 0.1) is 25.8 Å². The summed E-state index contributed by atoms with van der Waals surface area (Å²) in [7, 11) is 1.81. The summed E-state index contributed by atoms with van der Waals surface area (Å²) in [5.41, 5.74) is 3.83. The standard InChI is InChI=1S/C31H35N5O5/c1-20-14-26(33-34(20)2)31(39)36-17-25-21-6-5-7-24(16-21)40-12-4-3-11-35(19-29(37)32-27(25)18-36)30(38)23-8-9-28-22(15-23)10-13-41-28/h5-9,14-16,25,27H,3-4,10-13,17-19H2,1-2H3,(H,32,37)/t25-,27+/m1/s1. The normalized spacial score (nSPS) is 20.8. The van der Waals surface area contributed by atoms with E-state index < -0.39 is 0 Å². The van der Waals surface area contributed by atoms with E-state index in [2.05, 4.69) is 10.4 Å². The van der Waals surface area contributed by atoms with Crippen LogP contribution in [-0.2, 0) is 18.3 Å². The van der Waals surface area contributed by atoms with E-state index in [1.807, 2.05) is 50.4 Å². The minimum atomic E-state index is -0.330. The molecule has 0 aliphatic carbocycles. The molecule has 3 amide bonds.